The van der Waals surface area contributed by atoms with Crippen LogP contribution in [0.1, 0.15) is 39.5 Å². The maximum Gasteiger partial charge on any atom is 0.344 e. The average Bonchev–Trinajstić information content (AvgIpc) is 2.56. The van der Waals surface area contributed by atoms with Crippen LogP contribution in [0.25, 0.3) is 0 Å². The summed E-state index contributed by atoms with van der Waals surface area (Å²) in [6.45, 7) is 3.19. The van der Waals surface area contributed by atoms with Gasteiger partial charge < -0.3 is 14.8 Å². The van der Waals surface area contributed by atoms with E-state index in [9.17, 15) is 14.0 Å². The lowest BCUT2D eigenvalue weighted by Gasteiger charge is -2.30. The molecule has 0 bridgehead atoms. The monoisotopic (exact) mass is 337 g/mol. The third-order valence-electron chi connectivity index (χ3n) is 4.30. The minimum absolute atomic E-state index is 0.0254. The zero-order chi connectivity index (χ0) is 17.5. The molecule has 0 spiro atoms. The molecule has 24 heavy (non-hydrogen) atoms. The number of halogens is 1. The molecule has 1 aromatic rings. The Hall–Kier alpha value is -2.11. The summed E-state index contributed by atoms with van der Waals surface area (Å²) in [5.41, 5.74) is 0. The Kier molecular flexibility index (Phi) is 6.58. The Labute approximate surface area is 141 Å². The molecule has 0 aromatic heterocycles. The third kappa shape index (κ3) is 5.22. The lowest BCUT2D eigenvalue weighted by Crippen LogP contribution is -2.46. The van der Waals surface area contributed by atoms with Gasteiger partial charge in [-0.1, -0.05) is 31.9 Å². The van der Waals surface area contributed by atoms with Gasteiger partial charge in [-0.2, -0.15) is 0 Å². The normalized spacial score (nSPS) is 21.6. The average molecular weight is 337 g/mol. The highest BCUT2D eigenvalue weighted by atomic mass is 19.1. The molecule has 0 unspecified atom stereocenters. The smallest absolute Gasteiger partial charge is 0.344 e. The van der Waals surface area contributed by atoms with Crippen molar-refractivity contribution in [1.82, 2.24) is 5.32 Å². The minimum atomic E-state index is -0.907. The van der Waals surface area contributed by atoms with Crippen LogP contribution < -0.4 is 10.1 Å². The molecular formula is C18H24FNO4. The summed E-state index contributed by atoms with van der Waals surface area (Å²) < 4.78 is 23.5. The summed E-state index contributed by atoms with van der Waals surface area (Å²) in [5, 5.41) is 2.94. The Bertz CT molecular complexity index is 578. The van der Waals surface area contributed by atoms with Gasteiger partial charge in [-0.15, -0.1) is 0 Å². The van der Waals surface area contributed by atoms with Crippen LogP contribution in [0, 0.1) is 11.7 Å². The molecule has 2 rings (SSSR count). The van der Waals surface area contributed by atoms with Crippen molar-refractivity contribution in [2.75, 3.05) is 6.61 Å². The van der Waals surface area contributed by atoms with Crippen molar-refractivity contribution < 1.29 is 23.5 Å². The van der Waals surface area contributed by atoms with Crippen LogP contribution in [0.2, 0.25) is 0 Å². The highest BCUT2D eigenvalue weighted by Gasteiger charge is 2.26. The standard InChI is InChI=1S/C18H24FNO4/c1-12-7-3-5-9-15(12)20-18(22)13(2)24-17(21)11-23-16-10-6-4-8-14(16)19/h4,6,8,10,12-13,15H,3,5,7,9,11H2,1-2H3,(H,20,22)/t12-,13+,15-/m0/s1. The first kappa shape index (κ1) is 18.2. The predicted octanol–water partition coefficient (Wildman–Crippen LogP) is 2.83. The summed E-state index contributed by atoms with van der Waals surface area (Å²) in [7, 11) is 0. The fourth-order valence-corrected chi connectivity index (χ4v) is 2.81. The second kappa shape index (κ2) is 8.66. The molecule has 5 nitrogen and oxygen atoms in total. The van der Waals surface area contributed by atoms with Crippen LogP contribution in [0.4, 0.5) is 4.39 Å². The SMILES string of the molecule is C[C@@H](OC(=O)COc1ccccc1F)C(=O)N[C@H]1CCCC[C@@H]1C. The van der Waals surface area contributed by atoms with Gasteiger partial charge >= 0.3 is 5.97 Å². The number of para-hydroxylation sites is 1. The van der Waals surface area contributed by atoms with E-state index in [0.29, 0.717) is 5.92 Å². The predicted molar refractivity (Wildman–Crippen MR) is 87.0 cm³/mol. The second-order valence-electron chi connectivity index (χ2n) is 6.23. The van der Waals surface area contributed by atoms with Crippen LogP contribution in [0.5, 0.6) is 5.75 Å². The first-order chi connectivity index (χ1) is 11.5. The van der Waals surface area contributed by atoms with Gasteiger partial charge in [-0.25, -0.2) is 9.18 Å². The van der Waals surface area contributed by atoms with Gasteiger partial charge in [0.25, 0.3) is 5.91 Å². The van der Waals surface area contributed by atoms with Crippen molar-refractivity contribution in [3.63, 3.8) is 0 Å². The summed E-state index contributed by atoms with van der Waals surface area (Å²) in [4.78, 5) is 23.9. The number of nitrogens with one attached hydrogen (secondary N) is 1. The van der Waals surface area contributed by atoms with Crippen molar-refractivity contribution in [1.29, 1.82) is 0 Å². The first-order valence-corrected chi connectivity index (χ1v) is 8.34. The maximum atomic E-state index is 13.4. The van der Waals surface area contributed by atoms with E-state index in [1.165, 1.54) is 31.5 Å². The molecule has 1 aliphatic carbocycles. The van der Waals surface area contributed by atoms with E-state index in [4.69, 9.17) is 9.47 Å². The van der Waals surface area contributed by atoms with E-state index in [1.54, 1.807) is 6.07 Å². The van der Waals surface area contributed by atoms with E-state index >= 15 is 0 Å². The summed E-state index contributed by atoms with van der Waals surface area (Å²) >= 11 is 0. The van der Waals surface area contributed by atoms with E-state index in [0.717, 1.165) is 19.3 Å². The van der Waals surface area contributed by atoms with Crippen molar-refractivity contribution in [3.05, 3.63) is 30.1 Å². The molecule has 1 aromatic carbocycles. The number of ether oxygens (including phenoxy) is 2. The largest absolute Gasteiger partial charge is 0.479 e. The van der Waals surface area contributed by atoms with Gasteiger partial charge in [0.05, 0.1) is 0 Å². The molecule has 0 aliphatic heterocycles. The van der Waals surface area contributed by atoms with Crippen molar-refractivity contribution in [3.8, 4) is 5.75 Å². The van der Waals surface area contributed by atoms with Crippen LogP contribution in [-0.2, 0) is 14.3 Å². The van der Waals surface area contributed by atoms with E-state index in [-0.39, 0.29) is 17.7 Å². The summed E-state index contributed by atoms with van der Waals surface area (Å²) in [5.74, 6) is -1.18. The number of carbonyl (C=O) groups excluding carboxylic acids is 2. The Balaban J connectivity index is 1.76. The number of rotatable bonds is 6. The highest BCUT2D eigenvalue weighted by Crippen LogP contribution is 2.23. The molecule has 1 saturated carbocycles. The first-order valence-electron chi connectivity index (χ1n) is 8.34. The number of benzene rings is 1. The molecule has 1 fully saturated rings. The number of carbonyl (C=O) groups is 2. The molecule has 3 atom stereocenters. The van der Waals surface area contributed by atoms with Crippen molar-refractivity contribution in [2.24, 2.45) is 5.92 Å². The number of hydrogen-bond donors (Lipinski definition) is 1. The van der Waals surface area contributed by atoms with Gasteiger partial charge in [-0.05, 0) is 37.8 Å². The van der Waals surface area contributed by atoms with Crippen LogP contribution in [0.3, 0.4) is 0 Å². The molecule has 1 amide bonds. The quantitative estimate of drug-likeness (QED) is 0.811. The molecule has 132 valence electrons. The lowest BCUT2D eigenvalue weighted by molar-refractivity contribution is -0.157. The summed E-state index contributed by atoms with van der Waals surface area (Å²) in [6.07, 6.45) is 3.42. The van der Waals surface area contributed by atoms with Crippen LogP contribution in [0.15, 0.2) is 24.3 Å². The molecule has 1 N–H and O–H groups in total. The zero-order valence-corrected chi connectivity index (χ0v) is 14.1. The van der Waals surface area contributed by atoms with Crippen molar-refractivity contribution >= 4 is 11.9 Å². The number of amides is 1. The number of hydrogen-bond acceptors (Lipinski definition) is 4. The van der Waals surface area contributed by atoms with E-state index in [1.807, 2.05) is 0 Å². The molecule has 0 saturated heterocycles. The Morgan fingerprint density at radius 2 is 2.00 bits per heavy atom. The molecule has 0 radical (unpaired) electrons. The lowest BCUT2D eigenvalue weighted by atomic mass is 9.86. The maximum absolute atomic E-state index is 13.4. The van der Waals surface area contributed by atoms with Gasteiger partial charge in [0.2, 0.25) is 0 Å². The summed E-state index contributed by atoms with van der Waals surface area (Å²) in [6, 6.07) is 5.91. The van der Waals surface area contributed by atoms with Gasteiger partial charge in [0.1, 0.15) is 0 Å². The fourth-order valence-electron chi connectivity index (χ4n) is 2.81. The Morgan fingerprint density at radius 3 is 2.71 bits per heavy atom. The van der Waals surface area contributed by atoms with Crippen LogP contribution >= 0.6 is 0 Å². The number of esters is 1. The minimum Gasteiger partial charge on any atom is -0.479 e. The van der Waals surface area contributed by atoms with Crippen molar-refractivity contribution in [2.45, 2.75) is 51.7 Å². The van der Waals surface area contributed by atoms with E-state index in [2.05, 4.69) is 12.2 Å². The fraction of sp³-hybridized carbons (Fsp3) is 0.556. The molecule has 6 heteroatoms. The Morgan fingerprint density at radius 1 is 1.29 bits per heavy atom. The highest BCUT2D eigenvalue weighted by molar-refractivity contribution is 5.83. The van der Waals surface area contributed by atoms with E-state index < -0.39 is 24.5 Å². The molecule has 0 heterocycles. The zero-order valence-electron chi connectivity index (χ0n) is 14.1. The topological polar surface area (TPSA) is 64.6 Å². The van der Waals surface area contributed by atoms with Gasteiger partial charge in [-0.3, -0.25) is 4.79 Å². The second-order valence-corrected chi connectivity index (χ2v) is 6.23. The van der Waals surface area contributed by atoms with Gasteiger partial charge in [0, 0.05) is 6.04 Å². The van der Waals surface area contributed by atoms with Gasteiger partial charge in [0.15, 0.2) is 24.3 Å². The van der Waals surface area contributed by atoms with Crippen LogP contribution in [-0.4, -0.2) is 30.6 Å². The third-order valence-corrected chi connectivity index (χ3v) is 4.30. The molecule has 1 aliphatic rings. The molecular weight excluding hydrogens is 313 g/mol.